The largest absolute Gasteiger partial charge is 0.691 e. The first-order valence-corrected chi connectivity index (χ1v) is 22.8. The van der Waals surface area contributed by atoms with E-state index in [1.807, 2.05) is 0 Å². The summed E-state index contributed by atoms with van der Waals surface area (Å²) >= 11 is 0.0886. The Morgan fingerprint density at radius 3 is 2.34 bits per heavy atom. The van der Waals surface area contributed by atoms with E-state index in [-0.39, 0.29) is 86.3 Å². The molecular weight excluding hydrogens is 887 g/mol. The number of rotatable bonds is 22. The first-order valence-electron chi connectivity index (χ1n) is 21.5. The molecule has 6 rings (SSSR count). The third-order valence-corrected chi connectivity index (χ3v) is 14.7. The Morgan fingerprint density at radius 2 is 1.67 bits per heavy atom. The molecule has 1 aromatic rings. The number of aromatic hydroxyl groups is 1. The third-order valence-electron chi connectivity index (χ3n) is 13.9. The minimum absolute atomic E-state index is 0.0441. The molecule has 2 bridgehead atoms. The fourth-order valence-corrected chi connectivity index (χ4v) is 12.0. The molecule has 20 nitrogen and oxygen atoms in total. The monoisotopic (exact) mass is 943 g/mol. The Kier molecular flexibility index (Phi) is 17.8. The second-order valence-electron chi connectivity index (χ2n) is 18.1. The van der Waals surface area contributed by atoms with Gasteiger partial charge in [-0.15, -0.1) is 8.67 Å². The summed E-state index contributed by atoms with van der Waals surface area (Å²) in [5.74, 6) is -3.90. The van der Waals surface area contributed by atoms with Crippen LogP contribution in [0.15, 0.2) is 36.4 Å². The number of benzene rings is 1. The average Bonchev–Trinajstić information content (AvgIpc) is 3.42. The number of carboxylic acids is 1. The van der Waals surface area contributed by atoms with Crippen molar-refractivity contribution in [3.05, 3.63) is 42.0 Å². The summed E-state index contributed by atoms with van der Waals surface area (Å²) in [5.41, 5.74) is 0.648. The first-order chi connectivity index (χ1) is 30.6. The van der Waals surface area contributed by atoms with Gasteiger partial charge in [0.05, 0.1) is 24.5 Å². The van der Waals surface area contributed by atoms with Crippen molar-refractivity contribution in [2.45, 2.75) is 134 Å². The lowest BCUT2D eigenvalue weighted by Gasteiger charge is -2.62. The summed E-state index contributed by atoms with van der Waals surface area (Å²) in [4.78, 5) is 52.1. The lowest BCUT2D eigenvalue weighted by Crippen LogP contribution is -2.63. The lowest BCUT2D eigenvalue weighted by molar-refractivity contribution is -0.778. The summed E-state index contributed by atoms with van der Waals surface area (Å²) in [7, 11) is 0. The van der Waals surface area contributed by atoms with Crippen molar-refractivity contribution in [1.29, 1.82) is 0 Å². The Morgan fingerprint density at radius 1 is 0.969 bits per heavy atom. The zero-order valence-electron chi connectivity index (χ0n) is 35.8. The second kappa shape index (κ2) is 22.6. The predicted molar refractivity (Wildman–Crippen MR) is 217 cm³/mol. The molecule has 4 aliphatic carbocycles. The van der Waals surface area contributed by atoms with Crippen molar-refractivity contribution < 1.29 is 91.1 Å². The molecule has 0 radical (unpaired) electrons. The van der Waals surface area contributed by atoms with Gasteiger partial charge in [0.2, 0.25) is 5.91 Å². The fraction of sp³-hybridized carbons (Fsp3) is 0.714. The normalized spacial score (nSPS) is 34.4. The van der Waals surface area contributed by atoms with E-state index in [9.17, 15) is 45.0 Å². The molecule has 0 aromatic heterocycles. The highest BCUT2D eigenvalue weighted by molar-refractivity contribution is 7.90. The summed E-state index contributed by atoms with van der Waals surface area (Å²) < 4.78 is 44.8. The van der Waals surface area contributed by atoms with Gasteiger partial charge in [-0.3, -0.25) is 37.6 Å². The highest BCUT2D eigenvalue weighted by Crippen LogP contribution is 2.70. The molecule has 1 amide bonds. The molecule has 1 heterocycles. The number of nitrogens with one attached hydrogen (secondary N) is 1. The van der Waals surface area contributed by atoms with E-state index < -0.39 is 90.1 Å². The van der Waals surface area contributed by atoms with Crippen LogP contribution in [0.3, 0.4) is 0 Å². The van der Waals surface area contributed by atoms with Gasteiger partial charge in [-0.05, 0) is 104 Å². The molecule has 358 valence electrons. The molecule has 22 heteroatoms. The molecule has 1 spiro atoms. The molecule has 4 N–H and O–H groups in total. The van der Waals surface area contributed by atoms with Crippen molar-refractivity contribution >= 4 is 48.5 Å². The van der Waals surface area contributed by atoms with Crippen molar-refractivity contribution in [2.24, 2.45) is 40.4 Å². The molecule has 13 atom stereocenters. The van der Waals surface area contributed by atoms with Crippen LogP contribution in [0.2, 0.25) is 0 Å². The molecule has 1 aliphatic heterocycles. The number of phenolic OH excluding ortho intramolecular Hbond substituents is 1. The van der Waals surface area contributed by atoms with Crippen LogP contribution in [0.4, 0.5) is 0 Å². The van der Waals surface area contributed by atoms with Gasteiger partial charge in [0.25, 0.3) is 0 Å². The van der Waals surface area contributed by atoms with Crippen molar-refractivity contribution in [3.8, 4) is 5.75 Å². The standard InChI is InChI=1S/C42H59NO19S2/c1-22(2)17-34(47)56-37-36(58-64-62-60-52)35(57-63-61-59-51)30(21-53-33(46)12-11-32(45)43-16-14-24-5-8-26(44)9-6-24)55-40(37)54-27-18-28(39(49)50)29-13-15-42-19-25(23(3)38(42)48)7-10-31(42)41(29,4)20-27/h5-6,8-9,22,25,27-31,35-38,40,44,48,51-52H,3,7,10-21H2,1-2,4H3,(H,43,45)(H,49,50)/p-2/t25?,27?,28?,29?,30-,31?,35+,36?,37?,38-,40?,41?,42?/m0/s1. The number of carbonyl (C=O) groups is 4. The summed E-state index contributed by atoms with van der Waals surface area (Å²) in [6.07, 6.45) is -5.04. The van der Waals surface area contributed by atoms with Crippen LogP contribution in [-0.2, 0) is 71.7 Å². The van der Waals surface area contributed by atoms with E-state index in [1.54, 1.807) is 26.0 Å². The molecule has 1 saturated heterocycles. The van der Waals surface area contributed by atoms with Gasteiger partial charge in [-0.2, -0.15) is 0 Å². The number of aliphatic hydroxyl groups excluding tert-OH is 1. The summed E-state index contributed by atoms with van der Waals surface area (Å²) in [6, 6.07) is 6.51. The molecule has 4 saturated carbocycles. The van der Waals surface area contributed by atoms with Crippen LogP contribution in [0, 0.1) is 40.4 Å². The van der Waals surface area contributed by atoms with Crippen LogP contribution in [-0.4, -0.2) is 95.2 Å². The number of carbonyl (C=O) groups excluding carboxylic acids is 3. The number of amides is 1. The quantitative estimate of drug-likeness (QED) is 0.0247. The number of carboxylic acid groups (broad SMARTS) is 1. The molecule has 1 aromatic carbocycles. The number of fused-ring (bicyclic) bond motifs is 3. The van der Waals surface area contributed by atoms with Crippen LogP contribution in [0.5, 0.6) is 5.75 Å². The van der Waals surface area contributed by atoms with E-state index >= 15 is 0 Å². The van der Waals surface area contributed by atoms with E-state index in [0.29, 0.717) is 25.7 Å². The molecular formula is C42H57NO19S2-2. The molecule has 5 fully saturated rings. The smallest absolute Gasteiger partial charge is 0.306 e. The fourth-order valence-electron chi connectivity index (χ4n) is 11.2. The minimum Gasteiger partial charge on any atom is -0.691 e. The lowest BCUT2D eigenvalue weighted by atomic mass is 9.43. The zero-order valence-corrected chi connectivity index (χ0v) is 37.5. The zero-order chi connectivity index (χ0) is 46.2. The van der Waals surface area contributed by atoms with Crippen molar-refractivity contribution in [3.63, 3.8) is 0 Å². The van der Waals surface area contributed by atoms with Gasteiger partial charge in [0.1, 0.15) is 30.7 Å². The number of hydrogen-bond acceptors (Lipinski definition) is 20. The van der Waals surface area contributed by atoms with Gasteiger partial charge < -0.3 is 50.1 Å². The Labute approximate surface area is 379 Å². The van der Waals surface area contributed by atoms with Crippen LogP contribution < -0.4 is 15.8 Å². The SMILES string of the molecule is C=C1C2CCC3C4(C)CC(OC5O[C@@H](COC(=O)CCC(=O)NCCc6ccc(O)cc6)[C@@H](OSOO[O-])C(OSOO[O-])C5OC(=O)CC(C)C)CC(C(=O)O)C4CCC3(C2)[C@H]1O. The maximum absolute atomic E-state index is 13.4. The van der Waals surface area contributed by atoms with E-state index in [2.05, 4.69) is 37.6 Å². The van der Waals surface area contributed by atoms with Gasteiger partial charge in [-0.1, -0.05) is 39.5 Å². The van der Waals surface area contributed by atoms with Crippen molar-refractivity contribution in [2.75, 3.05) is 13.2 Å². The number of aliphatic carboxylic acids is 1. The highest BCUT2D eigenvalue weighted by Gasteiger charge is 2.67. The Hall–Kier alpha value is -3.10. The van der Waals surface area contributed by atoms with E-state index in [1.165, 1.54) is 12.1 Å². The molecule has 10 unspecified atom stereocenters. The Bertz CT molecular complexity index is 1770. The molecule has 64 heavy (non-hydrogen) atoms. The van der Waals surface area contributed by atoms with E-state index in [4.69, 9.17) is 27.3 Å². The highest BCUT2D eigenvalue weighted by atomic mass is 32.2. The Balaban J connectivity index is 1.23. The van der Waals surface area contributed by atoms with Crippen LogP contribution >= 0.6 is 24.6 Å². The first kappa shape index (κ1) is 50.3. The number of ether oxygens (including phenoxy) is 4. The average molecular weight is 944 g/mol. The van der Waals surface area contributed by atoms with Gasteiger partial charge in [0, 0.05) is 24.8 Å². The number of esters is 2. The van der Waals surface area contributed by atoms with Crippen molar-refractivity contribution in [1.82, 2.24) is 5.32 Å². The number of aliphatic hydroxyl groups is 1. The van der Waals surface area contributed by atoms with Gasteiger partial charge in [0.15, 0.2) is 37.0 Å². The summed E-state index contributed by atoms with van der Waals surface area (Å²) in [5, 5.41) is 63.0. The van der Waals surface area contributed by atoms with Gasteiger partial charge in [-0.25, -0.2) is 0 Å². The second-order valence-corrected chi connectivity index (χ2v) is 19.0. The van der Waals surface area contributed by atoms with Gasteiger partial charge >= 0.3 is 17.9 Å². The minimum atomic E-state index is -1.55. The maximum Gasteiger partial charge on any atom is 0.306 e. The topological polar surface area (TPSA) is 279 Å². The number of hydrogen-bond donors (Lipinski definition) is 4. The maximum atomic E-state index is 13.4. The predicted octanol–water partition coefficient (Wildman–Crippen LogP) is 3.03. The molecule has 5 aliphatic rings. The third kappa shape index (κ3) is 11.7. The van der Waals surface area contributed by atoms with Crippen LogP contribution in [0.25, 0.3) is 0 Å². The number of phenols is 1. The van der Waals surface area contributed by atoms with E-state index in [0.717, 1.165) is 30.4 Å². The summed E-state index contributed by atoms with van der Waals surface area (Å²) in [6.45, 7) is 9.58. The van der Waals surface area contributed by atoms with Crippen LogP contribution in [0.1, 0.15) is 90.5 Å².